The van der Waals surface area contributed by atoms with Gasteiger partial charge >= 0.3 is 0 Å². The molecule has 2 heterocycles. The monoisotopic (exact) mass is 263 g/mol. The van der Waals surface area contributed by atoms with Crippen LogP contribution in [0, 0.1) is 6.92 Å². The SMILES string of the molecule is COc1ccc(C2(O)CC3COCC(C2)N3)c(C)c1. The molecular formula is C15H21NO3. The maximum Gasteiger partial charge on any atom is 0.119 e. The van der Waals surface area contributed by atoms with Crippen LogP contribution in [-0.4, -0.2) is 37.5 Å². The van der Waals surface area contributed by atoms with Crippen molar-refractivity contribution in [3.8, 4) is 5.75 Å². The van der Waals surface area contributed by atoms with Gasteiger partial charge in [0, 0.05) is 12.1 Å². The van der Waals surface area contributed by atoms with Crippen LogP contribution in [0.15, 0.2) is 18.2 Å². The molecule has 104 valence electrons. The molecule has 0 radical (unpaired) electrons. The number of rotatable bonds is 2. The molecule has 3 rings (SSSR count). The quantitative estimate of drug-likeness (QED) is 0.845. The third kappa shape index (κ3) is 2.36. The first-order valence-electron chi connectivity index (χ1n) is 6.82. The molecule has 2 aliphatic rings. The summed E-state index contributed by atoms with van der Waals surface area (Å²) in [4.78, 5) is 0. The van der Waals surface area contributed by atoms with E-state index in [-0.39, 0.29) is 12.1 Å². The first kappa shape index (κ1) is 12.9. The van der Waals surface area contributed by atoms with Gasteiger partial charge in [0.25, 0.3) is 0 Å². The summed E-state index contributed by atoms with van der Waals surface area (Å²) >= 11 is 0. The third-order valence-electron chi connectivity index (χ3n) is 4.21. The van der Waals surface area contributed by atoms with Crippen molar-refractivity contribution in [3.05, 3.63) is 29.3 Å². The molecule has 1 aromatic carbocycles. The highest BCUT2D eigenvalue weighted by Gasteiger charge is 2.42. The lowest BCUT2D eigenvalue weighted by atomic mass is 9.76. The van der Waals surface area contributed by atoms with E-state index in [2.05, 4.69) is 5.32 Å². The van der Waals surface area contributed by atoms with Crippen molar-refractivity contribution >= 4 is 0 Å². The summed E-state index contributed by atoms with van der Waals surface area (Å²) in [6, 6.07) is 6.41. The summed E-state index contributed by atoms with van der Waals surface area (Å²) in [7, 11) is 1.66. The zero-order chi connectivity index (χ0) is 13.5. The fourth-order valence-corrected chi connectivity index (χ4v) is 3.42. The zero-order valence-electron chi connectivity index (χ0n) is 11.5. The lowest BCUT2D eigenvalue weighted by Crippen LogP contribution is -2.58. The highest BCUT2D eigenvalue weighted by Crippen LogP contribution is 2.38. The van der Waals surface area contributed by atoms with E-state index in [1.807, 2.05) is 25.1 Å². The number of piperidine rings is 1. The predicted octanol–water partition coefficient (Wildman–Crippen LogP) is 1.34. The summed E-state index contributed by atoms with van der Waals surface area (Å²) in [5.74, 6) is 0.835. The maximum atomic E-state index is 11.1. The maximum absolute atomic E-state index is 11.1. The van der Waals surface area contributed by atoms with Crippen LogP contribution in [0.1, 0.15) is 24.0 Å². The fraction of sp³-hybridized carbons (Fsp3) is 0.600. The van der Waals surface area contributed by atoms with Crippen LogP contribution in [0.5, 0.6) is 5.75 Å². The average molecular weight is 263 g/mol. The summed E-state index contributed by atoms with van der Waals surface area (Å²) in [6.07, 6.45) is 1.41. The Balaban J connectivity index is 1.91. The third-order valence-corrected chi connectivity index (χ3v) is 4.21. The molecule has 4 nitrogen and oxygen atoms in total. The second kappa shape index (κ2) is 4.78. The van der Waals surface area contributed by atoms with Crippen molar-refractivity contribution < 1.29 is 14.6 Å². The molecule has 0 saturated carbocycles. The summed E-state index contributed by atoms with van der Waals surface area (Å²) < 4.78 is 10.8. The second-order valence-corrected chi connectivity index (χ2v) is 5.72. The van der Waals surface area contributed by atoms with Crippen molar-refractivity contribution in [2.45, 2.75) is 37.5 Å². The topological polar surface area (TPSA) is 50.7 Å². The minimum Gasteiger partial charge on any atom is -0.497 e. The molecule has 2 aliphatic heterocycles. The van der Waals surface area contributed by atoms with Crippen LogP contribution in [0.4, 0.5) is 0 Å². The second-order valence-electron chi connectivity index (χ2n) is 5.72. The van der Waals surface area contributed by atoms with Gasteiger partial charge in [0.15, 0.2) is 0 Å². The number of hydrogen-bond acceptors (Lipinski definition) is 4. The number of morpholine rings is 1. The van der Waals surface area contributed by atoms with Crippen molar-refractivity contribution in [1.29, 1.82) is 0 Å². The van der Waals surface area contributed by atoms with E-state index in [4.69, 9.17) is 9.47 Å². The Kier molecular flexibility index (Phi) is 3.25. The van der Waals surface area contributed by atoms with E-state index < -0.39 is 5.60 Å². The van der Waals surface area contributed by atoms with E-state index in [1.165, 1.54) is 0 Å². The zero-order valence-corrected chi connectivity index (χ0v) is 11.5. The van der Waals surface area contributed by atoms with Crippen LogP contribution in [0.2, 0.25) is 0 Å². The first-order chi connectivity index (χ1) is 9.10. The first-order valence-corrected chi connectivity index (χ1v) is 6.82. The van der Waals surface area contributed by atoms with Gasteiger partial charge in [-0.2, -0.15) is 0 Å². The van der Waals surface area contributed by atoms with E-state index in [0.29, 0.717) is 26.1 Å². The number of hydrogen-bond donors (Lipinski definition) is 2. The van der Waals surface area contributed by atoms with Gasteiger partial charge in [-0.15, -0.1) is 0 Å². The van der Waals surface area contributed by atoms with Gasteiger partial charge in [-0.1, -0.05) is 6.07 Å². The molecule has 0 amide bonds. The van der Waals surface area contributed by atoms with Gasteiger partial charge in [0.05, 0.1) is 25.9 Å². The summed E-state index contributed by atoms with van der Waals surface area (Å²) in [5.41, 5.74) is 1.36. The Morgan fingerprint density at radius 2 is 2.00 bits per heavy atom. The molecule has 4 heteroatoms. The molecule has 1 aromatic rings. The summed E-state index contributed by atoms with van der Waals surface area (Å²) in [6.45, 7) is 3.41. The average Bonchev–Trinajstić information content (AvgIpc) is 2.37. The number of nitrogens with one attached hydrogen (secondary N) is 1. The lowest BCUT2D eigenvalue weighted by Gasteiger charge is -2.45. The van der Waals surface area contributed by atoms with Crippen molar-refractivity contribution in [1.82, 2.24) is 5.32 Å². The van der Waals surface area contributed by atoms with Gasteiger partial charge in [0.1, 0.15) is 5.75 Å². The Hall–Kier alpha value is -1.10. The Morgan fingerprint density at radius 1 is 1.32 bits per heavy atom. The largest absolute Gasteiger partial charge is 0.497 e. The molecule has 0 spiro atoms. The molecule has 0 aromatic heterocycles. The molecule has 2 unspecified atom stereocenters. The number of ether oxygens (including phenoxy) is 2. The van der Waals surface area contributed by atoms with Crippen LogP contribution < -0.4 is 10.1 Å². The van der Waals surface area contributed by atoms with Crippen LogP contribution in [0.3, 0.4) is 0 Å². The van der Waals surface area contributed by atoms with E-state index >= 15 is 0 Å². The highest BCUT2D eigenvalue weighted by molar-refractivity contribution is 5.39. The fourth-order valence-electron chi connectivity index (χ4n) is 3.42. The number of fused-ring (bicyclic) bond motifs is 2. The molecule has 2 N–H and O–H groups in total. The molecule has 19 heavy (non-hydrogen) atoms. The minimum atomic E-state index is -0.749. The molecule has 2 saturated heterocycles. The standard InChI is InChI=1S/C15H21NO3/c1-10-5-13(18-2)3-4-14(10)15(17)6-11-8-19-9-12(7-15)16-11/h3-5,11-12,16-17H,6-9H2,1-2H3. The van der Waals surface area contributed by atoms with Crippen LogP contribution >= 0.6 is 0 Å². The van der Waals surface area contributed by atoms with E-state index in [0.717, 1.165) is 16.9 Å². The van der Waals surface area contributed by atoms with Gasteiger partial charge in [-0.05, 0) is 43.0 Å². The van der Waals surface area contributed by atoms with E-state index in [1.54, 1.807) is 7.11 Å². The summed E-state index contributed by atoms with van der Waals surface area (Å²) in [5, 5.41) is 14.6. The number of aryl methyl sites for hydroxylation is 1. The number of methoxy groups -OCH3 is 1. The highest BCUT2D eigenvalue weighted by atomic mass is 16.5. The van der Waals surface area contributed by atoms with Gasteiger partial charge in [-0.3, -0.25) is 0 Å². The minimum absolute atomic E-state index is 0.249. The lowest BCUT2D eigenvalue weighted by molar-refractivity contribution is -0.0805. The molecule has 2 atom stereocenters. The van der Waals surface area contributed by atoms with Crippen LogP contribution in [-0.2, 0) is 10.3 Å². The molecule has 2 bridgehead atoms. The van der Waals surface area contributed by atoms with Crippen LogP contribution in [0.25, 0.3) is 0 Å². The van der Waals surface area contributed by atoms with Crippen molar-refractivity contribution in [2.24, 2.45) is 0 Å². The van der Waals surface area contributed by atoms with Gasteiger partial charge in [0.2, 0.25) is 0 Å². The molecular weight excluding hydrogens is 242 g/mol. The predicted molar refractivity (Wildman–Crippen MR) is 72.4 cm³/mol. The molecule has 2 fully saturated rings. The Bertz CT molecular complexity index is 462. The Morgan fingerprint density at radius 3 is 2.58 bits per heavy atom. The normalized spacial score (nSPS) is 34.1. The van der Waals surface area contributed by atoms with Crippen molar-refractivity contribution in [2.75, 3.05) is 20.3 Å². The van der Waals surface area contributed by atoms with Gasteiger partial charge < -0.3 is 19.9 Å². The molecule has 0 aliphatic carbocycles. The van der Waals surface area contributed by atoms with Crippen molar-refractivity contribution in [3.63, 3.8) is 0 Å². The smallest absolute Gasteiger partial charge is 0.119 e. The Labute approximate surface area is 113 Å². The number of aliphatic hydroxyl groups is 1. The number of benzene rings is 1. The van der Waals surface area contributed by atoms with Gasteiger partial charge in [-0.25, -0.2) is 0 Å². The van der Waals surface area contributed by atoms with E-state index in [9.17, 15) is 5.11 Å².